The molecule has 2 aliphatic heterocycles. The Morgan fingerprint density at radius 1 is 0.276 bits per heavy atom. The van der Waals surface area contributed by atoms with Crippen LogP contribution in [0, 0.1) is 0 Å². The third-order valence-corrected chi connectivity index (χ3v) is 20.8. The summed E-state index contributed by atoms with van der Waals surface area (Å²) in [5.41, 5.74) is 21.0. The van der Waals surface area contributed by atoms with Crippen LogP contribution in [0.4, 0.5) is 0 Å². The Balaban J connectivity index is 1.06. The number of aromatic nitrogens is 2. The largest absolute Gasteiger partial charge is 0.310 e. The van der Waals surface area contributed by atoms with E-state index in [2.05, 4.69) is 310 Å². The summed E-state index contributed by atoms with van der Waals surface area (Å²) in [7, 11) is 0. The fourth-order valence-electron chi connectivity index (χ4n) is 16.5. The van der Waals surface area contributed by atoms with E-state index >= 15 is 0 Å². The Morgan fingerprint density at radius 3 is 1.36 bits per heavy atom. The Bertz CT molecular complexity index is 5830. The quantitative estimate of drug-likeness (QED) is 0.116. The van der Waals surface area contributed by atoms with Gasteiger partial charge in [-0.2, -0.15) is 0 Å². The molecule has 0 atom stereocenters. The van der Waals surface area contributed by atoms with Crippen molar-refractivity contribution in [2.45, 2.75) is 38.5 Å². The second-order valence-corrected chi connectivity index (χ2v) is 25.8. The van der Waals surface area contributed by atoms with Gasteiger partial charge in [-0.25, -0.2) is 0 Å². The summed E-state index contributed by atoms with van der Waals surface area (Å²) in [6.45, 7) is 9.49. The first kappa shape index (κ1) is 48.9. The highest BCUT2D eigenvalue weighted by Crippen LogP contribution is 2.50. The van der Waals surface area contributed by atoms with Crippen LogP contribution in [-0.4, -0.2) is 15.8 Å². The van der Waals surface area contributed by atoms with E-state index in [1.165, 1.54) is 181 Å². The lowest BCUT2D eigenvalue weighted by Gasteiger charge is -2.36. The SMILES string of the molecule is CC(C)(c1ccccc1)c1ccc2c(c1)c1cc(C(C)(C)c3ccccc3)cc3c1n2-c1c2c(cc4c5ccccc5c5ccccc5c14)-n1c4ccc5c6ccccc6c6ccccc6c5c4c4cc(-c5ccccc5-c5ccccc5)cc(c41)B23. The first-order chi connectivity index (χ1) is 42.7. The summed E-state index contributed by atoms with van der Waals surface area (Å²) in [5, 5.41) is 20.5. The minimum Gasteiger partial charge on any atom is -0.310 e. The van der Waals surface area contributed by atoms with Crippen molar-refractivity contribution in [2.24, 2.45) is 0 Å². The molecule has 4 heterocycles. The predicted molar refractivity (Wildman–Crippen MR) is 373 cm³/mol. The molecule has 2 aromatic heterocycles. The van der Waals surface area contributed by atoms with Crippen molar-refractivity contribution in [2.75, 3.05) is 0 Å². The van der Waals surface area contributed by atoms with Crippen LogP contribution in [0.25, 0.3) is 142 Å². The van der Waals surface area contributed by atoms with Crippen molar-refractivity contribution in [3.8, 4) is 33.6 Å². The fourth-order valence-corrected chi connectivity index (χ4v) is 16.5. The van der Waals surface area contributed by atoms with Gasteiger partial charge in [0, 0.05) is 59.9 Å². The molecule has 15 aromatic carbocycles. The van der Waals surface area contributed by atoms with Gasteiger partial charge in [0.2, 0.25) is 0 Å². The van der Waals surface area contributed by atoms with Crippen molar-refractivity contribution >= 4 is 131 Å². The maximum atomic E-state index is 2.74. The zero-order valence-electron chi connectivity index (χ0n) is 49.0. The lowest BCUT2D eigenvalue weighted by atomic mass is 9.33. The molecule has 19 rings (SSSR count). The van der Waals surface area contributed by atoms with E-state index in [0.29, 0.717) is 0 Å². The molecule has 0 saturated heterocycles. The average molecular weight is 1110 g/mol. The van der Waals surface area contributed by atoms with E-state index in [4.69, 9.17) is 0 Å². The summed E-state index contributed by atoms with van der Waals surface area (Å²) < 4.78 is 5.47. The minimum absolute atomic E-state index is 0.164. The molecule has 0 amide bonds. The zero-order chi connectivity index (χ0) is 57.6. The lowest BCUT2D eigenvalue weighted by Crippen LogP contribution is -2.59. The predicted octanol–water partition coefficient (Wildman–Crippen LogP) is 19.9. The van der Waals surface area contributed by atoms with Crippen LogP contribution in [-0.2, 0) is 10.8 Å². The van der Waals surface area contributed by atoms with E-state index < -0.39 is 0 Å². The van der Waals surface area contributed by atoms with Crippen molar-refractivity contribution in [1.82, 2.24) is 9.13 Å². The van der Waals surface area contributed by atoms with E-state index in [1.807, 2.05) is 0 Å². The Hall–Kier alpha value is -10.5. The molecule has 87 heavy (non-hydrogen) atoms. The van der Waals surface area contributed by atoms with Gasteiger partial charge in [-0.15, -0.1) is 0 Å². The molecular formula is C84H57BN2. The van der Waals surface area contributed by atoms with Crippen LogP contribution in [0.5, 0.6) is 0 Å². The molecule has 0 radical (unpaired) electrons. The number of hydrogen-bond acceptors (Lipinski definition) is 0. The average Bonchev–Trinajstić information content (AvgIpc) is 1.61. The summed E-state index contributed by atoms with van der Waals surface area (Å²) in [5.74, 6) is 0. The molecule has 0 N–H and O–H groups in total. The molecular weight excluding hydrogens is 1050 g/mol. The fraction of sp³-hybridized carbons (Fsp3) is 0.0714. The number of fused-ring (bicyclic) bond motifs is 24. The van der Waals surface area contributed by atoms with Gasteiger partial charge in [0.1, 0.15) is 0 Å². The van der Waals surface area contributed by atoms with Crippen molar-refractivity contribution in [3.05, 3.63) is 295 Å². The maximum absolute atomic E-state index is 2.74. The van der Waals surface area contributed by atoms with E-state index in [9.17, 15) is 0 Å². The molecule has 406 valence electrons. The van der Waals surface area contributed by atoms with Gasteiger partial charge >= 0.3 is 0 Å². The molecule has 0 unspecified atom stereocenters. The van der Waals surface area contributed by atoms with E-state index in [0.717, 1.165) is 0 Å². The standard InChI is InChI=1S/C84H57BN2/c1-83(2,52-26-10-6-11-27-52)54-40-42-73-67(46-54)69-47-55(84(3,4)53-28-12-7-13-29-53)48-72-80(69)87(73)82-77-65-39-23-21-35-61(65)59-33-17-19-37-63(59)68(77)49-75-79(82)85(72)71-45-51(57-31-15-14-30-56(57)50-24-8-5-9-25-50)44-70-78-74(86(75)81(70)71)43-41-66-62-36-18-16-32-58(62)60-34-20-22-38-64(60)76(66)78/h5-49H,1-4H3. The lowest BCUT2D eigenvalue weighted by molar-refractivity contribution is 0.641. The molecule has 2 nitrogen and oxygen atoms in total. The maximum Gasteiger partial charge on any atom is 0.252 e. The van der Waals surface area contributed by atoms with Gasteiger partial charge < -0.3 is 9.13 Å². The Kier molecular flexibility index (Phi) is 9.86. The van der Waals surface area contributed by atoms with Crippen molar-refractivity contribution in [3.63, 3.8) is 0 Å². The van der Waals surface area contributed by atoms with Crippen LogP contribution >= 0.6 is 0 Å². The molecule has 17 aromatic rings. The van der Waals surface area contributed by atoms with E-state index in [1.54, 1.807) is 0 Å². The second kappa shape index (κ2) is 17.6. The third kappa shape index (κ3) is 6.51. The van der Waals surface area contributed by atoms with Crippen molar-refractivity contribution in [1.29, 1.82) is 0 Å². The Morgan fingerprint density at radius 2 is 0.736 bits per heavy atom. The highest BCUT2D eigenvalue weighted by atomic mass is 15.0. The van der Waals surface area contributed by atoms with Crippen LogP contribution < -0.4 is 16.4 Å². The van der Waals surface area contributed by atoms with Gasteiger partial charge in [-0.3, -0.25) is 0 Å². The van der Waals surface area contributed by atoms with Crippen molar-refractivity contribution < 1.29 is 0 Å². The van der Waals surface area contributed by atoms with Crippen LogP contribution in [0.1, 0.15) is 49.9 Å². The number of nitrogens with zero attached hydrogens (tertiary/aromatic N) is 2. The van der Waals surface area contributed by atoms with Gasteiger partial charge in [0.15, 0.2) is 0 Å². The monoisotopic (exact) mass is 1100 g/mol. The Labute approximate surface area is 504 Å². The minimum atomic E-state index is -0.346. The third-order valence-electron chi connectivity index (χ3n) is 20.8. The number of hydrogen-bond donors (Lipinski definition) is 0. The normalized spacial score (nSPS) is 13.0. The second-order valence-electron chi connectivity index (χ2n) is 25.8. The summed E-state index contributed by atoms with van der Waals surface area (Å²) in [6.07, 6.45) is 0. The smallest absolute Gasteiger partial charge is 0.252 e. The van der Waals surface area contributed by atoms with Crippen LogP contribution in [0.2, 0.25) is 0 Å². The van der Waals surface area contributed by atoms with Crippen LogP contribution in [0.3, 0.4) is 0 Å². The first-order valence-electron chi connectivity index (χ1n) is 30.9. The zero-order valence-corrected chi connectivity index (χ0v) is 49.0. The van der Waals surface area contributed by atoms with Crippen LogP contribution in [0.15, 0.2) is 273 Å². The highest BCUT2D eigenvalue weighted by Gasteiger charge is 2.44. The highest BCUT2D eigenvalue weighted by molar-refractivity contribution is 7.00. The van der Waals surface area contributed by atoms with Gasteiger partial charge in [0.25, 0.3) is 6.71 Å². The van der Waals surface area contributed by atoms with Gasteiger partial charge in [0.05, 0.1) is 16.7 Å². The molecule has 0 fully saturated rings. The number of rotatable bonds is 6. The summed E-state index contributed by atoms with van der Waals surface area (Å²) in [6, 6.07) is 104. The summed E-state index contributed by atoms with van der Waals surface area (Å²) >= 11 is 0. The molecule has 0 aliphatic carbocycles. The van der Waals surface area contributed by atoms with E-state index in [-0.39, 0.29) is 17.5 Å². The summed E-state index contributed by atoms with van der Waals surface area (Å²) in [4.78, 5) is 0. The molecule has 0 spiro atoms. The van der Waals surface area contributed by atoms with Gasteiger partial charge in [-0.05, 0) is 151 Å². The molecule has 0 bridgehead atoms. The topological polar surface area (TPSA) is 9.86 Å². The molecule has 0 saturated carbocycles. The molecule has 2 aliphatic rings. The van der Waals surface area contributed by atoms with Gasteiger partial charge in [-0.1, -0.05) is 264 Å². The number of benzene rings is 15. The molecule has 3 heteroatoms. The first-order valence-corrected chi connectivity index (χ1v) is 30.9.